The van der Waals surface area contributed by atoms with Crippen molar-refractivity contribution in [2.24, 2.45) is 0 Å². The van der Waals surface area contributed by atoms with Gasteiger partial charge in [-0.25, -0.2) is 0 Å². The molecular formula is C12H19NO2. The molecule has 0 aromatic carbocycles. The van der Waals surface area contributed by atoms with E-state index < -0.39 is 0 Å². The van der Waals surface area contributed by atoms with Crippen molar-refractivity contribution in [1.29, 1.82) is 0 Å². The van der Waals surface area contributed by atoms with E-state index >= 15 is 0 Å². The Kier molecular flexibility index (Phi) is 4.28. The largest absolute Gasteiger partial charge is 0.500 e. The summed E-state index contributed by atoms with van der Waals surface area (Å²) in [6.45, 7) is 4.08. The maximum Gasteiger partial charge on any atom is 0.117 e. The molecule has 0 unspecified atom stereocenters. The number of ether oxygens (including phenoxy) is 2. The lowest BCUT2D eigenvalue weighted by atomic mass is 10.2. The number of H-pyrrole nitrogens is 1. The molecule has 84 valence electrons. The number of aromatic nitrogens is 1. The number of hydrogen-bond donors (Lipinski definition) is 1. The van der Waals surface area contributed by atoms with E-state index in [1.54, 1.807) is 14.2 Å². The van der Waals surface area contributed by atoms with E-state index in [2.05, 4.69) is 11.9 Å². The van der Waals surface area contributed by atoms with Gasteiger partial charge in [0, 0.05) is 17.8 Å². The van der Waals surface area contributed by atoms with Crippen LogP contribution in [0.1, 0.15) is 26.7 Å². The summed E-state index contributed by atoms with van der Waals surface area (Å²) in [5.74, 6) is 1.88. The summed E-state index contributed by atoms with van der Waals surface area (Å²) in [5, 5.41) is 2.10. The summed E-state index contributed by atoms with van der Waals surface area (Å²) < 4.78 is 10.6. The first-order valence-electron chi connectivity index (χ1n) is 5.20. The van der Waals surface area contributed by atoms with Crippen LogP contribution in [-0.4, -0.2) is 19.2 Å². The highest BCUT2D eigenvalue weighted by Gasteiger charge is 2.01. The lowest BCUT2D eigenvalue weighted by molar-refractivity contribution is 0.345. The van der Waals surface area contributed by atoms with E-state index in [-0.39, 0.29) is 0 Å². The van der Waals surface area contributed by atoms with Crippen molar-refractivity contribution in [2.45, 2.75) is 26.7 Å². The maximum atomic E-state index is 5.40. The average Bonchev–Trinajstić information content (AvgIpc) is 2.73. The van der Waals surface area contributed by atoms with E-state index in [4.69, 9.17) is 9.47 Å². The van der Waals surface area contributed by atoms with Crippen LogP contribution >= 0.6 is 0 Å². The zero-order chi connectivity index (χ0) is 11.3. The average molecular weight is 209 g/mol. The van der Waals surface area contributed by atoms with Gasteiger partial charge in [0.2, 0.25) is 0 Å². The number of aromatic amines is 1. The summed E-state index contributed by atoms with van der Waals surface area (Å²) in [7, 11) is 3.39. The number of hydrogen-bond acceptors (Lipinski definition) is 2. The first-order valence-corrected chi connectivity index (χ1v) is 5.20. The minimum atomic E-state index is 0.876. The summed E-state index contributed by atoms with van der Waals surface area (Å²) >= 11 is 0. The van der Waals surface area contributed by atoms with Crippen LogP contribution in [0.25, 0.3) is 11.5 Å². The smallest absolute Gasteiger partial charge is 0.117 e. The first-order chi connectivity index (χ1) is 7.24. The topological polar surface area (TPSA) is 34.2 Å². The predicted molar refractivity (Wildman–Crippen MR) is 61.5 cm³/mol. The second-order valence-electron chi connectivity index (χ2n) is 3.40. The molecule has 0 spiro atoms. The highest BCUT2D eigenvalue weighted by molar-refractivity contribution is 5.40. The van der Waals surface area contributed by atoms with Gasteiger partial charge in [0.1, 0.15) is 11.5 Å². The van der Waals surface area contributed by atoms with Gasteiger partial charge >= 0.3 is 0 Å². The second kappa shape index (κ2) is 5.49. The van der Waals surface area contributed by atoms with E-state index in [0.717, 1.165) is 34.9 Å². The van der Waals surface area contributed by atoms with Gasteiger partial charge < -0.3 is 14.5 Å². The third kappa shape index (κ3) is 2.55. The van der Waals surface area contributed by atoms with Crippen LogP contribution in [0.2, 0.25) is 0 Å². The zero-order valence-electron chi connectivity index (χ0n) is 9.89. The quantitative estimate of drug-likeness (QED) is 0.812. The van der Waals surface area contributed by atoms with Crippen LogP contribution < -0.4 is 10.6 Å². The van der Waals surface area contributed by atoms with Crippen LogP contribution in [0, 0.1) is 0 Å². The molecule has 1 N–H and O–H groups in total. The molecule has 3 nitrogen and oxygen atoms in total. The van der Waals surface area contributed by atoms with E-state index in [1.165, 1.54) is 0 Å². The molecule has 0 aliphatic carbocycles. The molecule has 0 radical (unpaired) electrons. The van der Waals surface area contributed by atoms with E-state index in [9.17, 15) is 0 Å². The fraction of sp³-hybridized carbons (Fsp3) is 0.500. The summed E-state index contributed by atoms with van der Waals surface area (Å²) in [6, 6.07) is 2.02. The first kappa shape index (κ1) is 11.7. The monoisotopic (exact) mass is 209 g/mol. The molecule has 1 heterocycles. The fourth-order valence-corrected chi connectivity index (χ4v) is 1.57. The van der Waals surface area contributed by atoms with Crippen LogP contribution in [0.5, 0.6) is 0 Å². The highest BCUT2D eigenvalue weighted by atomic mass is 16.5. The molecule has 0 fully saturated rings. The molecule has 0 saturated heterocycles. The molecule has 15 heavy (non-hydrogen) atoms. The van der Waals surface area contributed by atoms with Gasteiger partial charge in [0.05, 0.1) is 19.6 Å². The lowest BCUT2D eigenvalue weighted by Gasteiger charge is -2.03. The van der Waals surface area contributed by atoms with E-state index in [0.29, 0.717) is 0 Å². The Morgan fingerprint density at radius 1 is 1.33 bits per heavy atom. The van der Waals surface area contributed by atoms with Gasteiger partial charge in [0.25, 0.3) is 0 Å². The van der Waals surface area contributed by atoms with Crippen molar-refractivity contribution in [3.05, 3.63) is 22.8 Å². The second-order valence-corrected chi connectivity index (χ2v) is 3.40. The molecule has 0 amide bonds. The molecule has 1 aromatic rings. The molecule has 0 bridgehead atoms. The minimum absolute atomic E-state index is 0.876. The summed E-state index contributed by atoms with van der Waals surface area (Å²) in [5.41, 5.74) is 0. The number of methoxy groups -OCH3 is 2. The standard InChI is InChI=1S/C12H19NO2/c1-5-6-11(15-4)10-7-8-13-12(10)9(2)14-3/h7-8,13H,5-6H2,1-4H3/b11-10+,12-9-. The Morgan fingerprint density at radius 2 is 2.07 bits per heavy atom. The van der Waals surface area contributed by atoms with Crippen LogP contribution in [0.15, 0.2) is 12.3 Å². The van der Waals surface area contributed by atoms with Gasteiger partial charge in [-0.05, 0) is 19.4 Å². The van der Waals surface area contributed by atoms with Gasteiger partial charge in [-0.3, -0.25) is 0 Å². The Balaban J connectivity index is 3.42. The fourth-order valence-electron chi connectivity index (χ4n) is 1.57. The van der Waals surface area contributed by atoms with Crippen molar-refractivity contribution in [3.8, 4) is 0 Å². The Hall–Kier alpha value is -1.38. The predicted octanol–water partition coefficient (Wildman–Crippen LogP) is 1.34. The molecule has 0 saturated carbocycles. The van der Waals surface area contributed by atoms with Crippen LogP contribution in [-0.2, 0) is 9.47 Å². The zero-order valence-corrected chi connectivity index (χ0v) is 9.89. The maximum absolute atomic E-state index is 5.40. The van der Waals surface area contributed by atoms with Crippen molar-refractivity contribution in [3.63, 3.8) is 0 Å². The summed E-state index contributed by atoms with van der Waals surface area (Å²) in [6.07, 6.45) is 3.92. The van der Waals surface area contributed by atoms with Gasteiger partial charge in [-0.15, -0.1) is 0 Å². The van der Waals surface area contributed by atoms with Crippen LogP contribution in [0.4, 0.5) is 0 Å². The number of nitrogens with one attached hydrogen (secondary N) is 1. The SMILES string of the molecule is CCC/C(OC)=c1/cc[nH]/c1=C(/C)OC. The van der Waals surface area contributed by atoms with Gasteiger partial charge in [-0.2, -0.15) is 0 Å². The third-order valence-electron chi connectivity index (χ3n) is 2.43. The highest BCUT2D eigenvalue weighted by Crippen LogP contribution is 2.03. The molecule has 0 aliphatic rings. The van der Waals surface area contributed by atoms with E-state index in [1.807, 2.05) is 19.2 Å². The van der Waals surface area contributed by atoms with Gasteiger partial charge in [-0.1, -0.05) is 6.92 Å². The molecular weight excluding hydrogens is 190 g/mol. The Labute approximate surface area is 90.4 Å². The summed E-state index contributed by atoms with van der Waals surface area (Å²) in [4.78, 5) is 3.17. The Bertz CT molecular complexity index is 417. The van der Waals surface area contributed by atoms with Crippen molar-refractivity contribution >= 4 is 11.5 Å². The lowest BCUT2D eigenvalue weighted by Crippen LogP contribution is -2.28. The molecule has 1 aromatic heterocycles. The molecule has 0 aliphatic heterocycles. The normalized spacial score (nSPS) is 14.7. The molecule has 0 atom stereocenters. The molecule has 1 rings (SSSR count). The van der Waals surface area contributed by atoms with Crippen molar-refractivity contribution in [2.75, 3.05) is 14.2 Å². The van der Waals surface area contributed by atoms with Crippen LogP contribution in [0.3, 0.4) is 0 Å². The Morgan fingerprint density at radius 3 is 2.60 bits per heavy atom. The molecule has 3 heteroatoms. The van der Waals surface area contributed by atoms with Crippen molar-refractivity contribution in [1.82, 2.24) is 4.98 Å². The van der Waals surface area contributed by atoms with Crippen molar-refractivity contribution < 1.29 is 9.47 Å². The number of rotatable bonds is 4. The third-order valence-corrected chi connectivity index (χ3v) is 2.43. The minimum Gasteiger partial charge on any atom is -0.500 e. The van der Waals surface area contributed by atoms with Gasteiger partial charge in [0.15, 0.2) is 0 Å².